The van der Waals surface area contributed by atoms with Crippen LogP contribution in [0.15, 0.2) is 30.4 Å². The molecular weight excluding hydrogens is 334 g/mol. The largest absolute Gasteiger partial charge is 0.508 e. The van der Waals surface area contributed by atoms with Crippen LogP contribution in [-0.2, 0) is 20.7 Å². The number of phenols is 1. The van der Waals surface area contributed by atoms with Crippen LogP contribution < -0.4 is 5.32 Å². The Balaban J connectivity index is 2.62. The summed E-state index contributed by atoms with van der Waals surface area (Å²) in [6.45, 7) is 10.8. The molecule has 1 rings (SSSR count). The number of hydrogen-bond acceptors (Lipinski definition) is 5. The van der Waals surface area contributed by atoms with E-state index >= 15 is 0 Å². The second-order valence-corrected chi connectivity index (χ2v) is 7.94. The highest BCUT2D eigenvalue weighted by Gasteiger charge is 2.16. The van der Waals surface area contributed by atoms with E-state index in [1.165, 1.54) is 12.1 Å². The number of esters is 1. The fourth-order valence-corrected chi connectivity index (χ4v) is 2.04. The highest BCUT2D eigenvalue weighted by Crippen LogP contribution is 2.23. The molecule has 6 nitrogen and oxygen atoms in total. The number of benzene rings is 1. The zero-order valence-corrected chi connectivity index (χ0v) is 16.4. The maximum absolute atomic E-state index is 11.8. The quantitative estimate of drug-likeness (QED) is 0.455. The van der Waals surface area contributed by atoms with E-state index in [1.54, 1.807) is 59.8 Å². The van der Waals surface area contributed by atoms with Crippen molar-refractivity contribution in [2.45, 2.75) is 65.6 Å². The summed E-state index contributed by atoms with van der Waals surface area (Å²) in [5.74, 6) is -0.271. The van der Waals surface area contributed by atoms with Crippen LogP contribution in [0.25, 0.3) is 0 Å². The third kappa shape index (κ3) is 9.11. The Hall–Kier alpha value is -2.50. The first-order valence-corrected chi connectivity index (χ1v) is 8.57. The number of aromatic hydroxyl groups is 1. The molecule has 0 atom stereocenters. The SMILES string of the molecule is CC(C)(C)OC(=O)/C=C/CCc1cc(NC(=O)OC(C)(C)C)ccc1O. The first-order chi connectivity index (χ1) is 11.9. The normalized spacial score (nSPS) is 12.1. The second-order valence-electron chi connectivity index (χ2n) is 7.94. The molecule has 0 spiro atoms. The first-order valence-electron chi connectivity index (χ1n) is 8.57. The molecule has 1 aromatic rings. The van der Waals surface area contributed by atoms with Gasteiger partial charge < -0.3 is 14.6 Å². The average Bonchev–Trinajstić information content (AvgIpc) is 2.42. The maximum atomic E-state index is 11.8. The predicted octanol–water partition coefficient (Wildman–Crippen LogP) is 4.57. The number of amides is 1. The van der Waals surface area contributed by atoms with Crippen molar-refractivity contribution < 1.29 is 24.2 Å². The number of allylic oxidation sites excluding steroid dienone is 1. The molecule has 1 amide bonds. The highest BCUT2D eigenvalue weighted by atomic mass is 16.6. The van der Waals surface area contributed by atoms with Crippen LogP contribution in [0.1, 0.15) is 53.5 Å². The summed E-state index contributed by atoms with van der Waals surface area (Å²) in [5.41, 5.74) is 0.0769. The molecular formula is C20H29NO5. The Bertz CT molecular complexity index is 666. The van der Waals surface area contributed by atoms with Gasteiger partial charge in [-0.05, 0) is 78.1 Å². The van der Waals surface area contributed by atoms with E-state index < -0.39 is 23.3 Å². The molecule has 1 aromatic carbocycles. The third-order valence-electron chi connectivity index (χ3n) is 2.97. The van der Waals surface area contributed by atoms with Gasteiger partial charge in [0.1, 0.15) is 17.0 Å². The lowest BCUT2D eigenvalue weighted by Gasteiger charge is -2.20. The monoisotopic (exact) mass is 363 g/mol. The number of nitrogens with one attached hydrogen (secondary N) is 1. The van der Waals surface area contributed by atoms with Gasteiger partial charge in [-0.25, -0.2) is 9.59 Å². The van der Waals surface area contributed by atoms with Crippen molar-refractivity contribution in [3.8, 4) is 5.75 Å². The standard InChI is InChI=1S/C20H29NO5/c1-19(2,3)25-17(23)10-8-7-9-14-13-15(11-12-16(14)22)21-18(24)26-20(4,5)6/h8,10-13,22H,7,9H2,1-6H3,(H,21,24)/b10-8+. The first kappa shape index (κ1) is 21.5. The number of phenolic OH excluding ortho intramolecular Hbond substituents is 1. The van der Waals surface area contributed by atoms with Gasteiger partial charge in [0.2, 0.25) is 0 Å². The van der Waals surface area contributed by atoms with Crippen LogP contribution >= 0.6 is 0 Å². The molecule has 0 aliphatic carbocycles. The topological polar surface area (TPSA) is 84.9 Å². The van der Waals surface area contributed by atoms with E-state index in [4.69, 9.17) is 9.47 Å². The Morgan fingerprint density at radius 2 is 1.69 bits per heavy atom. The Kier molecular flexibility index (Phi) is 7.24. The van der Waals surface area contributed by atoms with Gasteiger partial charge in [0.25, 0.3) is 0 Å². The molecule has 0 saturated carbocycles. The third-order valence-corrected chi connectivity index (χ3v) is 2.97. The summed E-state index contributed by atoms with van der Waals surface area (Å²) >= 11 is 0. The maximum Gasteiger partial charge on any atom is 0.412 e. The van der Waals surface area contributed by atoms with Crippen molar-refractivity contribution in [2.24, 2.45) is 0 Å². The summed E-state index contributed by atoms with van der Waals surface area (Å²) in [5, 5.41) is 12.6. The van der Waals surface area contributed by atoms with Gasteiger partial charge >= 0.3 is 12.1 Å². The zero-order chi connectivity index (χ0) is 20.0. The molecule has 0 bridgehead atoms. The van der Waals surface area contributed by atoms with Crippen LogP contribution in [0.3, 0.4) is 0 Å². The number of aryl methyl sites for hydroxylation is 1. The van der Waals surface area contributed by atoms with Gasteiger partial charge in [0.15, 0.2) is 0 Å². The lowest BCUT2D eigenvalue weighted by Crippen LogP contribution is -2.27. The molecule has 0 unspecified atom stereocenters. The van der Waals surface area contributed by atoms with Crippen molar-refractivity contribution in [2.75, 3.05) is 5.32 Å². The Morgan fingerprint density at radius 3 is 2.27 bits per heavy atom. The van der Waals surface area contributed by atoms with E-state index in [9.17, 15) is 14.7 Å². The zero-order valence-electron chi connectivity index (χ0n) is 16.4. The molecule has 2 N–H and O–H groups in total. The van der Waals surface area contributed by atoms with Crippen molar-refractivity contribution in [3.63, 3.8) is 0 Å². The number of hydrogen-bond donors (Lipinski definition) is 2. The number of carbonyl (C=O) groups excluding carboxylic acids is 2. The van der Waals surface area contributed by atoms with Crippen LogP contribution in [0.4, 0.5) is 10.5 Å². The van der Waals surface area contributed by atoms with Crippen LogP contribution in [-0.4, -0.2) is 28.4 Å². The van der Waals surface area contributed by atoms with E-state index in [0.29, 0.717) is 24.1 Å². The number of rotatable bonds is 5. The fraction of sp³-hybridized carbons (Fsp3) is 0.500. The highest BCUT2D eigenvalue weighted by molar-refractivity contribution is 5.85. The minimum absolute atomic E-state index is 0.130. The number of anilines is 1. The lowest BCUT2D eigenvalue weighted by molar-refractivity contribution is -0.148. The molecule has 6 heteroatoms. The summed E-state index contributed by atoms with van der Waals surface area (Å²) in [6.07, 6.45) is 3.57. The molecule has 0 aromatic heterocycles. The van der Waals surface area contributed by atoms with Gasteiger partial charge in [0.05, 0.1) is 0 Å². The number of carbonyl (C=O) groups is 2. The van der Waals surface area contributed by atoms with Crippen LogP contribution in [0, 0.1) is 0 Å². The second kappa shape index (κ2) is 8.74. The van der Waals surface area contributed by atoms with Crippen molar-refractivity contribution in [1.29, 1.82) is 0 Å². The Labute approximate surface area is 155 Å². The lowest BCUT2D eigenvalue weighted by atomic mass is 10.1. The van der Waals surface area contributed by atoms with Gasteiger partial charge in [-0.15, -0.1) is 0 Å². The van der Waals surface area contributed by atoms with Crippen LogP contribution in [0.2, 0.25) is 0 Å². The summed E-state index contributed by atoms with van der Waals surface area (Å²) < 4.78 is 10.4. The average molecular weight is 363 g/mol. The van der Waals surface area contributed by atoms with Gasteiger partial charge in [-0.3, -0.25) is 5.32 Å². The smallest absolute Gasteiger partial charge is 0.412 e. The molecule has 0 heterocycles. The minimum Gasteiger partial charge on any atom is -0.508 e. The molecule has 26 heavy (non-hydrogen) atoms. The van der Waals surface area contributed by atoms with Crippen LogP contribution in [0.5, 0.6) is 5.75 Å². The molecule has 144 valence electrons. The summed E-state index contributed by atoms with van der Waals surface area (Å²) in [7, 11) is 0. The number of ether oxygens (including phenoxy) is 2. The van der Waals surface area contributed by atoms with Crippen molar-refractivity contribution in [1.82, 2.24) is 0 Å². The van der Waals surface area contributed by atoms with Gasteiger partial charge in [0, 0.05) is 11.8 Å². The molecule has 0 aliphatic rings. The Morgan fingerprint density at radius 1 is 1.08 bits per heavy atom. The molecule has 0 aliphatic heterocycles. The van der Waals surface area contributed by atoms with Crippen molar-refractivity contribution in [3.05, 3.63) is 35.9 Å². The van der Waals surface area contributed by atoms with E-state index in [-0.39, 0.29) is 5.75 Å². The molecule has 0 fully saturated rings. The fourth-order valence-electron chi connectivity index (χ4n) is 2.04. The van der Waals surface area contributed by atoms with Gasteiger partial charge in [-0.2, -0.15) is 0 Å². The van der Waals surface area contributed by atoms with Gasteiger partial charge in [-0.1, -0.05) is 6.08 Å². The van der Waals surface area contributed by atoms with E-state index in [0.717, 1.165) is 0 Å². The molecule has 0 saturated heterocycles. The summed E-state index contributed by atoms with van der Waals surface area (Å²) in [6, 6.07) is 4.79. The van der Waals surface area contributed by atoms with E-state index in [2.05, 4.69) is 5.32 Å². The van der Waals surface area contributed by atoms with E-state index in [1.807, 2.05) is 0 Å². The summed E-state index contributed by atoms with van der Waals surface area (Å²) in [4.78, 5) is 23.4. The molecule has 0 radical (unpaired) electrons. The van der Waals surface area contributed by atoms with Crippen molar-refractivity contribution >= 4 is 17.7 Å². The predicted molar refractivity (Wildman–Crippen MR) is 101 cm³/mol. The minimum atomic E-state index is -0.587.